The fraction of sp³-hybridized carbons (Fsp3) is 0.647. The molecule has 2 rings (SSSR count). The van der Waals surface area contributed by atoms with E-state index in [0.717, 1.165) is 38.4 Å². The topological polar surface area (TPSA) is 18.5 Å². The van der Waals surface area contributed by atoms with Gasteiger partial charge in [-0.25, -0.2) is 4.39 Å². The predicted octanol–water partition coefficient (Wildman–Crippen LogP) is 2.58. The Morgan fingerprint density at radius 1 is 1.19 bits per heavy atom. The van der Waals surface area contributed by atoms with Gasteiger partial charge in [-0.3, -0.25) is 4.90 Å². The van der Waals surface area contributed by atoms with Crippen LogP contribution in [0.15, 0.2) is 24.3 Å². The average Bonchev–Trinajstić information content (AvgIpc) is 2.47. The molecule has 1 fully saturated rings. The molecule has 21 heavy (non-hydrogen) atoms. The second-order valence-corrected chi connectivity index (χ2v) is 6.71. The van der Waals surface area contributed by atoms with Gasteiger partial charge in [-0.15, -0.1) is 0 Å². The first-order valence-corrected chi connectivity index (χ1v) is 7.83. The lowest BCUT2D eigenvalue weighted by molar-refractivity contribution is 0.140. The molecule has 0 spiro atoms. The van der Waals surface area contributed by atoms with Gasteiger partial charge in [0.1, 0.15) is 5.82 Å². The Balaban J connectivity index is 1.91. The molecule has 0 radical (unpaired) electrons. The summed E-state index contributed by atoms with van der Waals surface area (Å²) in [6, 6.07) is 7.54. The second-order valence-electron chi connectivity index (χ2n) is 6.71. The fourth-order valence-electron chi connectivity index (χ4n) is 2.96. The molecule has 0 aliphatic carbocycles. The van der Waals surface area contributed by atoms with Gasteiger partial charge >= 0.3 is 0 Å². The molecule has 1 N–H and O–H groups in total. The number of rotatable bonds is 5. The van der Waals surface area contributed by atoms with Gasteiger partial charge in [-0.05, 0) is 31.5 Å². The largest absolute Gasteiger partial charge is 0.367 e. The summed E-state index contributed by atoms with van der Waals surface area (Å²) in [4.78, 5) is 4.64. The van der Waals surface area contributed by atoms with Crippen LogP contribution in [0.2, 0.25) is 0 Å². The van der Waals surface area contributed by atoms with E-state index < -0.39 is 0 Å². The quantitative estimate of drug-likeness (QED) is 0.900. The number of nitrogens with zero attached hydrogens (tertiary/aromatic N) is 2. The molecule has 1 unspecified atom stereocenters. The molecular weight excluding hydrogens is 265 g/mol. The molecule has 0 bridgehead atoms. The lowest BCUT2D eigenvalue weighted by Gasteiger charge is -2.41. The molecule has 0 aromatic heterocycles. The van der Waals surface area contributed by atoms with Crippen LogP contribution in [0.3, 0.4) is 0 Å². The van der Waals surface area contributed by atoms with E-state index in [9.17, 15) is 4.39 Å². The van der Waals surface area contributed by atoms with Crippen LogP contribution >= 0.6 is 0 Å². The van der Waals surface area contributed by atoms with Crippen molar-refractivity contribution in [2.24, 2.45) is 5.41 Å². The van der Waals surface area contributed by atoms with Gasteiger partial charge in [0.15, 0.2) is 0 Å². The number of benzene rings is 1. The summed E-state index contributed by atoms with van der Waals surface area (Å²) in [5.74, 6) is -0.116. The van der Waals surface area contributed by atoms with Gasteiger partial charge in [-0.2, -0.15) is 0 Å². The number of nitrogens with one attached hydrogen (secondary N) is 1. The third kappa shape index (κ3) is 3.95. The standard InChI is InChI=1S/C17H28FN3/c1-14(19-4)17(2,3)13-20-9-11-21(12-10-20)16-8-6-5-7-15(16)18/h5-8,14,19H,9-13H2,1-4H3. The lowest BCUT2D eigenvalue weighted by atomic mass is 9.84. The first-order chi connectivity index (χ1) is 9.94. The lowest BCUT2D eigenvalue weighted by Crippen LogP contribution is -2.52. The first-order valence-electron chi connectivity index (χ1n) is 7.83. The highest BCUT2D eigenvalue weighted by molar-refractivity contribution is 5.47. The van der Waals surface area contributed by atoms with Crippen LogP contribution < -0.4 is 10.2 Å². The van der Waals surface area contributed by atoms with Gasteiger partial charge in [0, 0.05) is 38.8 Å². The molecule has 0 saturated carbocycles. The van der Waals surface area contributed by atoms with E-state index in [0.29, 0.717) is 6.04 Å². The summed E-state index contributed by atoms with van der Waals surface area (Å²) in [5.41, 5.74) is 0.967. The van der Waals surface area contributed by atoms with E-state index in [1.807, 2.05) is 19.2 Å². The summed E-state index contributed by atoms with van der Waals surface area (Å²) < 4.78 is 13.8. The van der Waals surface area contributed by atoms with Crippen molar-refractivity contribution in [3.8, 4) is 0 Å². The maximum Gasteiger partial charge on any atom is 0.146 e. The van der Waals surface area contributed by atoms with Crippen LogP contribution in [0.5, 0.6) is 0 Å². The van der Waals surface area contributed by atoms with Crippen molar-refractivity contribution in [1.82, 2.24) is 10.2 Å². The van der Waals surface area contributed by atoms with Crippen molar-refractivity contribution >= 4 is 5.69 Å². The second kappa shape index (κ2) is 6.75. The minimum Gasteiger partial charge on any atom is -0.367 e. The molecule has 3 nitrogen and oxygen atoms in total. The van der Waals surface area contributed by atoms with Crippen molar-refractivity contribution in [3.63, 3.8) is 0 Å². The normalized spacial score (nSPS) is 18.8. The minimum atomic E-state index is -0.116. The summed E-state index contributed by atoms with van der Waals surface area (Å²) in [6.45, 7) is 11.7. The number of halogens is 1. The van der Waals surface area contributed by atoms with Gasteiger partial charge in [0.2, 0.25) is 0 Å². The SMILES string of the molecule is CNC(C)C(C)(C)CN1CCN(c2ccccc2F)CC1. The van der Waals surface area contributed by atoms with Crippen molar-refractivity contribution in [2.75, 3.05) is 44.7 Å². The van der Waals surface area contributed by atoms with Crippen molar-refractivity contribution in [2.45, 2.75) is 26.8 Å². The molecular formula is C17H28FN3. The number of hydrogen-bond acceptors (Lipinski definition) is 3. The van der Waals surface area contributed by atoms with E-state index in [4.69, 9.17) is 0 Å². The van der Waals surface area contributed by atoms with E-state index in [1.54, 1.807) is 12.1 Å². The Hall–Kier alpha value is -1.13. The van der Waals surface area contributed by atoms with Crippen LogP contribution in [0.4, 0.5) is 10.1 Å². The monoisotopic (exact) mass is 293 g/mol. The van der Waals surface area contributed by atoms with E-state index >= 15 is 0 Å². The maximum absolute atomic E-state index is 13.8. The van der Waals surface area contributed by atoms with Crippen LogP contribution in [-0.2, 0) is 0 Å². The van der Waals surface area contributed by atoms with E-state index in [2.05, 4.69) is 35.9 Å². The Morgan fingerprint density at radius 2 is 1.81 bits per heavy atom. The number of para-hydroxylation sites is 1. The van der Waals surface area contributed by atoms with Gasteiger partial charge in [-0.1, -0.05) is 26.0 Å². The Morgan fingerprint density at radius 3 is 2.38 bits per heavy atom. The average molecular weight is 293 g/mol. The smallest absolute Gasteiger partial charge is 0.146 e. The van der Waals surface area contributed by atoms with E-state index in [1.165, 1.54) is 0 Å². The first kappa shape index (κ1) is 16.2. The highest BCUT2D eigenvalue weighted by Gasteiger charge is 2.29. The van der Waals surface area contributed by atoms with E-state index in [-0.39, 0.29) is 11.2 Å². The van der Waals surface area contributed by atoms with Crippen LogP contribution in [-0.4, -0.2) is 50.7 Å². The Kier molecular flexibility index (Phi) is 5.22. The Labute approximate surface area is 128 Å². The summed E-state index contributed by atoms with van der Waals surface area (Å²) in [7, 11) is 2.02. The molecule has 1 saturated heterocycles. The van der Waals surface area contributed by atoms with Crippen LogP contribution in [0.1, 0.15) is 20.8 Å². The zero-order valence-electron chi connectivity index (χ0n) is 13.7. The fourth-order valence-corrected chi connectivity index (χ4v) is 2.96. The molecule has 118 valence electrons. The van der Waals surface area contributed by atoms with Gasteiger partial charge < -0.3 is 10.2 Å². The number of hydrogen-bond donors (Lipinski definition) is 1. The van der Waals surface area contributed by atoms with Crippen LogP contribution in [0, 0.1) is 11.2 Å². The zero-order valence-corrected chi connectivity index (χ0v) is 13.7. The maximum atomic E-state index is 13.8. The third-order valence-corrected chi connectivity index (χ3v) is 4.80. The summed E-state index contributed by atoms with van der Waals surface area (Å²) in [5, 5.41) is 3.35. The molecule has 1 aliphatic rings. The minimum absolute atomic E-state index is 0.116. The zero-order chi connectivity index (χ0) is 15.5. The summed E-state index contributed by atoms with van der Waals surface area (Å²) >= 11 is 0. The third-order valence-electron chi connectivity index (χ3n) is 4.80. The van der Waals surface area contributed by atoms with Crippen molar-refractivity contribution in [3.05, 3.63) is 30.1 Å². The molecule has 1 aromatic rings. The molecule has 1 atom stereocenters. The van der Waals surface area contributed by atoms with Crippen LogP contribution in [0.25, 0.3) is 0 Å². The molecule has 4 heteroatoms. The predicted molar refractivity (Wildman–Crippen MR) is 87.4 cm³/mol. The number of piperazine rings is 1. The summed E-state index contributed by atoms with van der Waals surface area (Å²) in [6.07, 6.45) is 0. The molecule has 1 heterocycles. The van der Waals surface area contributed by atoms with Crippen molar-refractivity contribution in [1.29, 1.82) is 0 Å². The highest BCUT2D eigenvalue weighted by atomic mass is 19.1. The van der Waals surface area contributed by atoms with Crippen molar-refractivity contribution < 1.29 is 4.39 Å². The van der Waals surface area contributed by atoms with Gasteiger partial charge in [0.05, 0.1) is 5.69 Å². The number of anilines is 1. The van der Waals surface area contributed by atoms with Gasteiger partial charge in [0.25, 0.3) is 0 Å². The Bertz CT molecular complexity index is 453. The molecule has 1 aromatic carbocycles. The molecule has 0 amide bonds. The highest BCUT2D eigenvalue weighted by Crippen LogP contribution is 2.24. The molecule has 1 aliphatic heterocycles.